The van der Waals surface area contributed by atoms with E-state index in [2.05, 4.69) is 34.8 Å². The number of benzene rings is 1. The van der Waals surface area contributed by atoms with Gasteiger partial charge in [-0.2, -0.15) is 5.10 Å². The Hall–Kier alpha value is -3.52. The van der Waals surface area contributed by atoms with Crippen molar-refractivity contribution in [3.63, 3.8) is 0 Å². The number of amides is 1. The zero-order valence-electron chi connectivity index (χ0n) is 21.2. The summed E-state index contributed by atoms with van der Waals surface area (Å²) in [7, 11) is 1.91. The minimum atomic E-state index is 0.192. The monoisotopic (exact) mass is 484 g/mol. The fourth-order valence-corrected chi connectivity index (χ4v) is 5.63. The molecule has 1 aromatic carbocycles. The number of nitrogens with zero attached hydrogens (tertiary/aromatic N) is 6. The molecule has 2 aliphatic heterocycles. The maximum Gasteiger partial charge on any atom is 0.222 e. The first-order valence-corrected chi connectivity index (χ1v) is 12.9. The van der Waals surface area contributed by atoms with Gasteiger partial charge in [0.15, 0.2) is 0 Å². The van der Waals surface area contributed by atoms with Crippen LogP contribution < -0.4 is 0 Å². The molecule has 0 aliphatic carbocycles. The second-order valence-corrected chi connectivity index (χ2v) is 9.90. The van der Waals surface area contributed by atoms with Crippen LogP contribution in [0.5, 0.6) is 0 Å². The molecule has 1 amide bonds. The summed E-state index contributed by atoms with van der Waals surface area (Å²) in [5, 5.41) is 6.71. The molecule has 1 fully saturated rings. The molecule has 3 aromatic heterocycles. The van der Waals surface area contributed by atoms with Gasteiger partial charge in [-0.25, -0.2) is 4.98 Å². The fourth-order valence-electron chi connectivity index (χ4n) is 5.63. The number of imidazole rings is 1. The number of carbonyl (C=O) groups is 1. The lowest BCUT2D eigenvalue weighted by Crippen LogP contribution is -2.38. The summed E-state index contributed by atoms with van der Waals surface area (Å²) in [4.78, 5) is 24.7. The summed E-state index contributed by atoms with van der Waals surface area (Å²) in [6.45, 7) is 7.73. The minimum absolute atomic E-state index is 0.192. The van der Waals surface area contributed by atoms with Crippen molar-refractivity contribution in [2.45, 2.75) is 52.1 Å². The van der Waals surface area contributed by atoms with Gasteiger partial charge in [0.2, 0.25) is 5.91 Å². The Kier molecular flexibility index (Phi) is 5.84. The van der Waals surface area contributed by atoms with Crippen LogP contribution in [0.15, 0.2) is 36.7 Å². The summed E-state index contributed by atoms with van der Waals surface area (Å²) in [5.74, 6) is 1.71. The standard InChI is InChI=1S/C28H32N6O2/c1-4-25(35)33-11-12-34-24(17-33)27(30-28(34)19-8-13-36-14-9-19)26-18(2)5-6-20-15-23(29-16-21(20)26)22-7-10-32(3)31-22/h5-7,10,15-16,19H,4,8-9,11-14,17H2,1-3H3. The number of hydrogen-bond donors (Lipinski definition) is 0. The maximum absolute atomic E-state index is 12.6. The average molecular weight is 485 g/mol. The van der Waals surface area contributed by atoms with E-state index in [1.165, 1.54) is 0 Å². The second-order valence-electron chi connectivity index (χ2n) is 9.90. The Labute approximate surface area is 210 Å². The van der Waals surface area contributed by atoms with Crippen molar-refractivity contribution in [1.29, 1.82) is 0 Å². The molecule has 8 nitrogen and oxygen atoms in total. The number of pyridine rings is 1. The quantitative estimate of drug-likeness (QED) is 0.428. The van der Waals surface area contributed by atoms with Crippen molar-refractivity contribution in [2.24, 2.45) is 7.05 Å². The van der Waals surface area contributed by atoms with Crippen molar-refractivity contribution in [3.05, 3.63) is 53.7 Å². The Morgan fingerprint density at radius 1 is 1.14 bits per heavy atom. The van der Waals surface area contributed by atoms with E-state index in [1.807, 2.05) is 37.3 Å². The molecule has 6 rings (SSSR count). The Balaban J connectivity index is 1.51. The summed E-state index contributed by atoms with van der Waals surface area (Å²) >= 11 is 0. The van der Waals surface area contributed by atoms with Crippen LogP contribution in [-0.2, 0) is 29.7 Å². The molecular weight excluding hydrogens is 452 g/mol. The molecule has 1 saturated heterocycles. The van der Waals surface area contributed by atoms with E-state index in [9.17, 15) is 4.79 Å². The van der Waals surface area contributed by atoms with Gasteiger partial charge >= 0.3 is 0 Å². The average Bonchev–Trinajstić information content (AvgIpc) is 3.52. The van der Waals surface area contributed by atoms with Crippen LogP contribution in [0.4, 0.5) is 0 Å². The van der Waals surface area contributed by atoms with Gasteiger partial charge in [0.25, 0.3) is 0 Å². The number of hydrogen-bond acceptors (Lipinski definition) is 5. The van der Waals surface area contributed by atoms with Gasteiger partial charge in [0.05, 0.1) is 23.6 Å². The number of carbonyl (C=O) groups excluding carboxylic acids is 1. The van der Waals surface area contributed by atoms with E-state index in [0.717, 1.165) is 89.6 Å². The maximum atomic E-state index is 12.6. The van der Waals surface area contributed by atoms with Gasteiger partial charge < -0.3 is 14.2 Å². The first-order chi connectivity index (χ1) is 17.5. The van der Waals surface area contributed by atoms with Crippen molar-refractivity contribution in [1.82, 2.24) is 29.2 Å². The van der Waals surface area contributed by atoms with Crippen LogP contribution in [0.3, 0.4) is 0 Å². The molecule has 0 radical (unpaired) electrons. The molecule has 0 saturated carbocycles. The third kappa shape index (κ3) is 3.89. The lowest BCUT2D eigenvalue weighted by atomic mass is 9.96. The zero-order valence-corrected chi connectivity index (χ0v) is 21.2. The SMILES string of the molecule is CCC(=O)N1CCn2c(C3CCOCC3)nc(-c3c(C)ccc4cc(-c5ccn(C)n5)ncc34)c2C1. The number of aryl methyl sites for hydroxylation is 2. The van der Waals surface area contributed by atoms with Crippen LogP contribution in [-0.4, -0.2) is 54.9 Å². The third-order valence-electron chi connectivity index (χ3n) is 7.60. The molecule has 186 valence electrons. The largest absolute Gasteiger partial charge is 0.381 e. The molecule has 4 aromatic rings. The molecule has 2 aliphatic rings. The van der Waals surface area contributed by atoms with Gasteiger partial charge in [-0.1, -0.05) is 19.1 Å². The van der Waals surface area contributed by atoms with Crippen LogP contribution in [0, 0.1) is 6.92 Å². The fraction of sp³-hybridized carbons (Fsp3) is 0.429. The van der Waals surface area contributed by atoms with E-state index in [-0.39, 0.29) is 5.91 Å². The topological polar surface area (TPSA) is 78.1 Å². The molecule has 36 heavy (non-hydrogen) atoms. The van der Waals surface area contributed by atoms with E-state index in [0.29, 0.717) is 18.9 Å². The number of rotatable bonds is 4. The smallest absolute Gasteiger partial charge is 0.222 e. The summed E-state index contributed by atoms with van der Waals surface area (Å²) in [6, 6.07) is 8.40. The predicted molar refractivity (Wildman–Crippen MR) is 138 cm³/mol. The molecule has 0 spiro atoms. The highest BCUT2D eigenvalue weighted by molar-refractivity contribution is 5.98. The van der Waals surface area contributed by atoms with Crippen molar-refractivity contribution in [3.8, 4) is 22.6 Å². The van der Waals surface area contributed by atoms with E-state index in [1.54, 1.807) is 4.68 Å². The Bertz CT molecular complexity index is 1450. The lowest BCUT2D eigenvalue weighted by molar-refractivity contribution is -0.132. The molecule has 0 atom stereocenters. The zero-order chi connectivity index (χ0) is 24.8. The highest BCUT2D eigenvalue weighted by Crippen LogP contribution is 2.39. The molecule has 0 N–H and O–H groups in total. The third-order valence-corrected chi connectivity index (χ3v) is 7.60. The molecule has 0 unspecified atom stereocenters. The Morgan fingerprint density at radius 2 is 1.97 bits per heavy atom. The van der Waals surface area contributed by atoms with Crippen LogP contribution in [0.25, 0.3) is 33.4 Å². The first kappa shape index (κ1) is 22.9. The number of ether oxygens (including phenoxy) is 1. The Morgan fingerprint density at radius 3 is 2.72 bits per heavy atom. The lowest BCUT2D eigenvalue weighted by Gasteiger charge is -2.31. The molecule has 0 bridgehead atoms. The highest BCUT2D eigenvalue weighted by atomic mass is 16.5. The number of fused-ring (bicyclic) bond motifs is 2. The second kappa shape index (κ2) is 9.17. The van der Waals surface area contributed by atoms with E-state index >= 15 is 0 Å². The van der Waals surface area contributed by atoms with Gasteiger partial charge in [-0.15, -0.1) is 0 Å². The highest BCUT2D eigenvalue weighted by Gasteiger charge is 2.31. The predicted octanol–water partition coefficient (Wildman–Crippen LogP) is 4.45. The normalized spacial score (nSPS) is 16.5. The van der Waals surface area contributed by atoms with E-state index < -0.39 is 0 Å². The minimum Gasteiger partial charge on any atom is -0.381 e. The van der Waals surface area contributed by atoms with E-state index in [4.69, 9.17) is 14.7 Å². The van der Waals surface area contributed by atoms with Gasteiger partial charge in [0.1, 0.15) is 11.5 Å². The van der Waals surface area contributed by atoms with Crippen molar-refractivity contribution >= 4 is 16.7 Å². The molecular formula is C28H32N6O2. The van der Waals surface area contributed by atoms with Crippen LogP contribution in [0.2, 0.25) is 0 Å². The summed E-state index contributed by atoms with van der Waals surface area (Å²) in [6.07, 6.45) is 6.37. The van der Waals surface area contributed by atoms with Crippen LogP contribution in [0.1, 0.15) is 49.2 Å². The van der Waals surface area contributed by atoms with Gasteiger partial charge in [0, 0.05) is 69.0 Å². The molecule has 5 heterocycles. The summed E-state index contributed by atoms with van der Waals surface area (Å²) in [5.41, 5.74) is 6.10. The first-order valence-electron chi connectivity index (χ1n) is 12.9. The van der Waals surface area contributed by atoms with Crippen LogP contribution >= 0.6 is 0 Å². The molecule has 8 heteroatoms. The number of aromatic nitrogens is 5. The summed E-state index contributed by atoms with van der Waals surface area (Å²) < 4.78 is 9.82. The van der Waals surface area contributed by atoms with Crippen molar-refractivity contribution < 1.29 is 9.53 Å². The van der Waals surface area contributed by atoms with Crippen molar-refractivity contribution in [2.75, 3.05) is 19.8 Å². The van der Waals surface area contributed by atoms with Gasteiger partial charge in [-0.3, -0.25) is 14.5 Å². The van der Waals surface area contributed by atoms with Gasteiger partial charge in [-0.05, 0) is 42.8 Å².